The largest absolute Gasteiger partial charge is 0.486 e. The topological polar surface area (TPSA) is 18.5 Å². The van der Waals surface area contributed by atoms with Crippen molar-refractivity contribution in [3.63, 3.8) is 0 Å². The second-order valence-corrected chi connectivity index (χ2v) is 3.81. The predicted molar refractivity (Wildman–Crippen MR) is 59.4 cm³/mol. The minimum absolute atomic E-state index is 0.192. The monoisotopic (exact) mass is 210 g/mol. The molecule has 1 aliphatic rings. The van der Waals surface area contributed by atoms with Gasteiger partial charge in [0.2, 0.25) is 0 Å². The minimum atomic E-state index is 0.192. The molecule has 0 N–H and O–H groups in total. The van der Waals surface area contributed by atoms with E-state index in [1.54, 1.807) is 0 Å². The van der Waals surface area contributed by atoms with Gasteiger partial charge in [-0.15, -0.1) is 0 Å². The fourth-order valence-electron chi connectivity index (χ4n) is 1.52. The maximum absolute atomic E-state index is 5.78. The van der Waals surface area contributed by atoms with Crippen LogP contribution in [0.5, 0.6) is 11.5 Å². The van der Waals surface area contributed by atoms with Crippen molar-refractivity contribution in [1.82, 2.24) is 0 Å². The average molecular weight is 210 g/mol. The van der Waals surface area contributed by atoms with Crippen molar-refractivity contribution in [2.45, 2.75) is 18.9 Å². The molecular weight excluding hydrogens is 196 g/mol. The van der Waals surface area contributed by atoms with Crippen molar-refractivity contribution < 1.29 is 9.47 Å². The van der Waals surface area contributed by atoms with Crippen LogP contribution < -0.4 is 9.47 Å². The lowest BCUT2D eigenvalue weighted by molar-refractivity contribution is 0.0846. The smallest absolute Gasteiger partial charge is 0.161 e. The van der Waals surface area contributed by atoms with E-state index >= 15 is 0 Å². The Hall–Kier alpha value is -0.830. The molecule has 1 heterocycles. The summed E-state index contributed by atoms with van der Waals surface area (Å²) in [6.07, 6.45) is 2.27. The highest BCUT2D eigenvalue weighted by atomic mass is 32.1. The molecule has 0 saturated heterocycles. The zero-order valence-corrected chi connectivity index (χ0v) is 8.87. The number of fused-ring (bicyclic) bond motifs is 1. The van der Waals surface area contributed by atoms with Crippen LogP contribution in [-0.4, -0.2) is 18.5 Å². The van der Waals surface area contributed by atoms with Crippen LogP contribution in [0.1, 0.15) is 12.8 Å². The van der Waals surface area contributed by atoms with Crippen molar-refractivity contribution >= 4 is 12.6 Å². The Morgan fingerprint density at radius 2 is 2.07 bits per heavy atom. The van der Waals surface area contributed by atoms with E-state index in [-0.39, 0.29) is 6.10 Å². The second-order valence-electron chi connectivity index (χ2n) is 3.36. The fraction of sp³-hybridized carbons (Fsp3) is 0.455. The van der Waals surface area contributed by atoms with Gasteiger partial charge in [0.05, 0.1) is 0 Å². The molecule has 0 aromatic heterocycles. The van der Waals surface area contributed by atoms with Gasteiger partial charge in [0.25, 0.3) is 0 Å². The van der Waals surface area contributed by atoms with Gasteiger partial charge in [-0.05, 0) is 30.7 Å². The van der Waals surface area contributed by atoms with Gasteiger partial charge in [-0.2, -0.15) is 12.6 Å². The van der Waals surface area contributed by atoms with E-state index in [2.05, 4.69) is 12.6 Å². The van der Waals surface area contributed by atoms with Crippen molar-refractivity contribution in [2.75, 3.05) is 12.4 Å². The lowest BCUT2D eigenvalue weighted by Crippen LogP contribution is -2.28. The number of hydrogen-bond acceptors (Lipinski definition) is 3. The molecule has 0 saturated carbocycles. The summed E-state index contributed by atoms with van der Waals surface area (Å²) in [4.78, 5) is 0. The molecule has 0 aliphatic carbocycles. The lowest BCUT2D eigenvalue weighted by atomic mass is 10.2. The average Bonchev–Trinajstić information content (AvgIpc) is 2.26. The highest BCUT2D eigenvalue weighted by molar-refractivity contribution is 7.80. The van der Waals surface area contributed by atoms with Crippen LogP contribution in [-0.2, 0) is 0 Å². The zero-order valence-electron chi connectivity index (χ0n) is 7.98. The molecule has 0 radical (unpaired) electrons. The minimum Gasteiger partial charge on any atom is -0.486 e. The van der Waals surface area contributed by atoms with Crippen LogP contribution in [0, 0.1) is 0 Å². The van der Waals surface area contributed by atoms with Gasteiger partial charge in [-0.25, -0.2) is 0 Å². The normalized spacial score (nSPS) is 19.4. The summed E-state index contributed by atoms with van der Waals surface area (Å²) in [7, 11) is 0. The number of benzene rings is 1. The Morgan fingerprint density at radius 3 is 2.86 bits per heavy atom. The van der Waals surface area contributed by atoms with Gasteiger partial charge < -0.3 is 9.47 Å². The Bertz CT molecular complexity index is 301. The van der Waals surface area contributed by atoms with Gasteiger partial charge in [0.1, 0.15) is 12.7 Å². The Morgan fingerprint density at radius 1 is 1.29 bits per heavy atom. The Kier molecular flexibility index (Phi) is 3.19. The molecule has 2 nitrogen and oxygen atoms in total. The number of thiol groups is 1. The van der Waals surface area contributed by atoms with E-state index in [1.165, 1.54) is 0 Å². The van der Waals surface area contributed by atoms with Crippen LogP contribution in [0.2, 0.25) is 0 Å². The molecule has 2 rings (SSSR count). The summed E-state index contributed by atoms with van der Waals surface area (Å²) in [6, 6.07) is 7.80. The van der Waals surface area contributed by atoms with E-state index in [4.69, 9.17) is 9.47 Å². The molecule has 14 heavy (non-hydrogen) atoms. The standard InChI is InChI=1S/C11H14O2S/c14-7-3-4-9-8-12-10-5-1-2-6-11(10)13-9/h1-2,5-6,9,14H,3-4,7-8H2. The zero-order chi connectivity index (χ0) is 9.80. The van der Waals surface area contributed by atoms with Crippen molar-refractivity contribution in [1.29, 1.82) is 0 Å². The summed E-state index contributed by atoms with van der Waals surface area (Å²) in [5.74, 6) is 2.62. The summed E-state index contributed by atoms with van der Waals surface area (Å²) < 4.78 is 11.4. The molecule has 1 aliphatic heterocycles. The molecule has 1 aromatic carbocycles. The molecule has 76 valence electrons. The molecule has 3 heteroatoms. The first-order valence-corrected chi connectivity index (χ1v) is 5.53. The number of hydrogen-bond donors (Lipinski definition) is 1. The third-order valence-electron chi connectivity index (χ3n) is 2.25. The first-order valence-electron chi connectivity index (χ1n) is 4.89. The van der Waals surface area contributed by atoms with Gasteiger partial charge in [0.15, 0.2) is 11.5 Å². The number of para-hydroxylation sites is 2. The van der Waals surface area contributed by atoms with E-state index < -0.39 is 0 Å². The molecule has 1 unspecified atom stereocenters. The summed E-state index contributed by atoms with van der Waals surface area (Å²) >= 11 is 4.18. The van der Waals surface area contributed by atoms with Crippen LogP contribution in [0.3, 0.4) is 0 Å². The SMILES string of the molecule is SCCCC1COc2ccccc2O1. The first kappa shape index (κ1) is 9.71. The van der Waals surface area contributed by atoms with Crippen LogP contribution in [0.15, 0.2) is 24.3 Å². The number of rotatable bonds is 3. The highest BCUT2D eigenvalue weighted by Gasteiger charge is 2.19. The third-order valence-corrected chi connectivity index (χ3v) is 2.57. The van der Waals surface area contributed by atoms with Gasteiger partial charge in [-0.3, -0.25) is 0 Å². The Balaban J connectivity index is 1.99. The van der Waals surface area contributed by atoms with Gasteiger partial charge >= 0.3 is 0 Å². The fourth-order valence-corrected chi connectivity index (χ4v) is 1.71. The third kappa shape index (κ3) is 2.15. The Labute approximate surface area is 89.6 Å². The maximum Gasteiger partial charge on any atom is 0.161 e. The molecule has 0 fully saturated rings. The first-order chi connectivity index (χ1) is 6.90. The molecule has 0 amide bonds. The predicted octanol–water partition coefficient (Wildman–Crippen LogP) is 2.54. The van der Waals surface area contributed by atoms with E-state index in [0.717, 1.165) is 30.1 Å². The summed E-state index contributed by atoms with van der Waals surface area (Å²) in [5, 5.41) is 0. The van der Waals surface area contributed by atoms with Crippen molar-refractivity contribution in [3.05, 3.63) is 24.3 Å². The van der Waals surface area contributed by atoms with Crippen LogP contribution in [0.4, 0.5) is 0 Å². The van der Waals surface area contributed by atoms with Crippen LogP contribution >= 0.6 is 12.6 Å². The maximum atomic E-state index is 5.78. The summed E-state index contributed by atoms with van der Waals surface area (Å²) in [6.45, 7) is 0.658. The number of ether oxygens (including phenoxy) is 2. The molecule has 1 aromatic rings. The highest BCUT2D eigenvalue weighted by Crippen LogP contribution is 2.31. The quantitative estimate of drug-likeness (QED) is 0.773. The van der Waals surface area contributed by atoms with Gasteiger partial charge in [0, 0.05) is 0 Å². The van der Waals surface area contributed by atoms with E-state index in [9.17, 15) is 0 Å². The molecule has 1 atom stereocenters. The summed E-state index contributed by atoms with van der Waals surface area (Å²) in [5.41, 5.74) is 0. The van der Waals surface area contributed by atoms with Crippen LogP contribution in [0.25, 0.3) is 0 Å². The van der Waals surface area contributed by atoms with E-state index in [1.807, 2.05) is 24.3 Å². The van der Waals surface area contributed by atoms with Gasteiger partial charge in [-0.1, -0.05) is 12.1 Å². The molecule has 0 spiro atoms. The van der Waals surface area contributed by atoms with Crippen molar-refractivity contribution in [3.8, 4) is 11.5 Å². The molecule has 0 bridgehead atoms. The molecular formula is C11H14O2S. The van der Waals surface area contributed by atoms with E-state index in [0.29, 0.717) is 6.61 Å². The van der Waals surface area contributed by atoms with Crippen molar-refractivity contribution in [2.24, 2.45) is 0 Å². The lowest BCUT2D eigenvalue weighted by Gasteiger charge is -2.26. The second kappa shape index (κ2) is 4.60.